The van der Waals surface area contributed by atoms with Crippen molar-refractivity contribution < 1.29 is 4.52 Å². The zero-order valence-corrected chi connectivity index (χ0v) is 10.1. The van der Waals surface area contributed by atoms with Crippen LogP contribution in [0.3, 0.4) is 0 Å². The third kappa shape index (κ3) is 2.80. The molecule has 2 rings (SSSR count). The van der Waals surface area contributed by atoms with E-state index in [0.29, 0.717) is 6.54 Å². The summed E-state index contributed by atoms with van der Waals surface area (Å²) < 4.78 is 4.75. The number of nitrogens with zero attached hydrogens (tertiary/aromatic N) is 3. The molecule has 0 bridgehead atoms. The molecule has 0 atom stereocenters. The molecule has 0 unspecified atom stereocenters. The average Bonchev–Trinajstić information content (AvgIpc) is 2.87. The Hall–Kier alpha value is -1.40. The SMILES string of the molecule is CN(C)c1ncc(CNCc2ccon2)s1. The molecule has 0 aromatic carbocycles. The van der Waals surface area contributed by atoms with Gasteiger partial charge in [-0.05, 0) is 0 Å². The van der Waals surface area contributed by atoms with Crippen molar-refractivity contribution in [3.05, 3.63) is 29.1 Å². The van der Waals surface area contributed by atoms with Crippen LogP contribution in [0.15, 0.2) is 23.0 Å². The third-order valence-corrected chi connectivity index (χ3v) is 3.19. The lowest BCUT2D eigenvalue weighted by atomic mass is 10.4. The molecule has 6 heteroatoms. The average molecular weight is 238 g/mol. The van der Waals surface area contributed by atoms with Gasteiger partial charge >= 0.3 is 0 Å². The van der Waals surface area contributed by atoms with Crippen LogP contribution in [0.2, 0.25) is 0 Å². The van der Waals surface area contributed by atoms with E-state index in [1.807, 2.05) is 31.3 Å². The Labute approximate surface area is 98.1 Å². The number of rotatable bonds is 5. The molecule has 0 aliphatic heterocycles. The van der Waals surface area contributed by atoms with Gasteiger partial charge in [0.2, 0.25) is 0 Å². The van der Waals surface area contributed by atoms with Crippen molar-refractivity contribution in [3.63, 3.8) is 0 Å². The fourth-order valence-corrected chi connectivity index (χ4v) is 2.03. The molecule has 0 saturated carbocycles. The van der Waals surface area contributed by atoms with Crippen LogP contribution in [0.1, 0.15) is 10.6 Å². The van der Waals surface area contributed by atoms with E-state index in [-0.39, 0.29) is 0 Å². The van der Waals surface area contributed by atoms with Crippen molar-refractivity contribution >= 4 is 16.5 Å². The highest BCUT2D eigenvalue weighted by Crippen LogP contribution is 2.19. The fourth-order valence-electron chi connectivity index (χ4n) is 1.23. The molecule has 2 aromatic rings. The van der Waals surface area contributed by atoms with Gasteiger partial charge in [-0.2, -0.15) is 0 Å². The van der Waals surface area contributed by atoms with Crippen LogP contribution in [-0.4, -0.2) is 24.2 Å². The monoisotopic (exact) mass is 238 g/mol. The number of hydrogen-bond acceptors (Lipinski definition) is 6. The molecule has 0 amide bonds. The molecule has 86 valence electrons. The summed E-state index contributed by atoms with van der Waals surface area (Å²) >= 11 is 1.69. The minimum Gasteiger partial charge on any atom is -0.364 e. The maximum atomic E-state index is 4.75. The summed E-state index contributed by atoms with van der Waals surface area (Å²) in [5.41, 5.74) is 0.914. The molecule has 2 aromatic heterocycles. The van der Waals surface area contributed by atoms with E-state index in [9.17, 15) is 0 Å². The van der Waals surface area contributed by atoms with E-state index < -0.39 is 0 Å². The Balaban J connectivity index is 1.81. The van der Waals surface area contributed by atoms with E-state index in [2.05, 4.69) is 15.5 Å². The summed E-state index contributed by atoms with van der Waals surface area (Å²) in [4.78, 5) is 7.52. The lowest BCUT2D eigenvalue weighted by Gasteiger charge is -2.05. The maximum absolute atomic E-state index is 4.75. The van der Waals surface area contributed by atoms with Gasteiger partial charge in [-0.25, -0.2) is 4.98 Å². The first-order valence-corrected chi connectivity index (χ1v) is 5.79. The minimum atomic E-state index is 0.714. The fraction of sp³-hybridized carbons (Fsp3) is 0.400. The van der Waals surface area contributed by atoms with Gasteiger partial charge in [-0.3, -0.25) is 0 Å². The molecule has 0 aliphatic carbocycles. The van der Waals surface area contributed by atoms with Crippen LogP contribution in [0.5, 0.6) is 0 Å². The second kappa shape index (κ2) is 5.09. The smallest absolute Gasteiger partial charge is 0.185 e. The molecule has 0 aliphatic rings. The predicted molar refractivity (Wildman–Crippen MR) is 63.5 cm³/mol. The van der Waals surface area contributed by atoms with Gasteiger partial charge in [0, 0.05) is 44.3 Å². The first-order chi connectivity index (χ1) is 7.75. The molecule has 0 saturated heterocycles. The predicted octanol–water partition coefficient (Wildman–Crippen LogP) is 1.49. The van der Waals surface area contributed by atoms with Crippen molar-refractivity contribution in [3.8, 4) is 0 Å². The molecular formula is C10H14N4OS. The number of aromatic nitrogens is 2. The minimum absolute atomic E-state index is 0.714. The van der Waals surface area contributed by atoms with Crippen LogP contribution < -0.4 is 10.2 Å². The van der Waals surface area contributed by atoms with Crippen LogP contribution >= 0.6 is 11.3 Å². The summed E-state index contributed by atoms with van der Waals surface area (Å²) in [6.07, 6.45) is 3.48. The number of thiazole rings is 1. The largest absolute Gasteiger partial charge is 0.364 e. The molecular weight excluding hydrogens is 224 g/mol. The van der Waals surface area contributed by atoms with E-state index in [0.717, 1.165) is 17.4 Å². The Kier molecular flexibility index (Phi) is 3.53. The lowest BCUT2D eigenvalue weighted by molar-refractivity contribution is 0.408. The topological polar surface area (TPSA) is 54.2 Å². The van der Waals surface area contributed by atoms with Crippen molar-refractivity contribution in [2.45, 2.75) is 13.1 Å². The second-order valence-corrected chi connectivity index (χ2v) is 4.69. The van der Waals surface area contributed by atoms with Gasteiger partial charge in [-0.15, -0.1) is 11.3 Å². The molecule has 5 nitrogen and oxygen atoms in total. The lowest BCUT2D eigenvalue weighted by Crippen LogP contribution is -2.11. The first kappa shape index (κ1) is 11.1. The van der Waals surface area contributed by atoms with Gasteiger partial charge in [0.05, 0.1) is 5.69 Å². The highest BCUT2D eigenvalue weighted by atomic mass is 32.1. The van der Waals surface area contributed by atoms with Crippen molar-refractivity contribution in [1.82, 2.24) is 15.5 Å². The summed E-state index contributed by atoms with van der Waals surface area (Å²) in [5, 5.41) is 8.13. The van der Waals surface area contributed by atoms with E-state index in [1.54, 1.807) is 17.6 Å². The highest BCUT2D eigenvalue weighted by Gasteiger charge is 2.03. The van der Waals surface area contributed by atoms with Gasteiger partial charge in [0.15, 0.2) is 5.13 Å². The van der Waals surface area contributed by atoms with Crippen molar-refractivity contribution in [2.24, 2.45) is 0 Å². The molecule has 0 radical (unpaired) electrons. The Morgan fingerprint density at radius 3 is 2.94 bits per heavy atom. The van der Waals surface area contributed by atoms with E-state index in [4.69, 9.17) is 4.52 Å². The standard InChI is InChI=1S/C10H14N4OS/c1-14(2)10-12-7-9(16-10)6-11-5-8-3-4-15-13-8/h3-4,7,11H,5-6H2,1-2H3. The highest BCUT2D eigenvalue weighted by molar-refractivity contribution is 7.15. The zero-order valence-electron chi connectivity index (χ0n) is 9.30. The normalized spacial score (nSPS) is 10.6. The second-order valence-electron chi connectivity index (χ2n) is 3.60. The number of anilines is 1. The van der Waals surface area contributed by atoms with Crippen LogP contribution in [0, 0.1) is 0 Å². The number of nitrogens with one attached hydrogen (secondary N) is 1. The van der Waals surface area contributed by atoms with E-state index >= 15 is 0 Å². The van der Waals surface area contributed by atoms with Crippen molar-refractivity contribution in [1.29, 1.82) is 0 Å². The van der Waals surface area contributed by atoms with Crippen LogP contribution in [0.25, 0.3) is 0 Å². The summed E-state index contributed by atoms with van der Waals surface area (Å²) in [6, 6.07) is 1.85. The maximum Gasteiger partial charge on any atom is 0.185 e. The first-order valence-electron chi connectivity index (χ1n) is 4.97. The summed E-state index contributed by atoms with van der Waals surface area (Å²) in [6.45, 7) is 1.52. The molecule has 16 heavy (non-hydrogen) atoms. The van der Waals surface area contributed by atoms with Gasteiger partial charge in [0.25, 0.3) is 0 Å². The summed E-state index contributed by atoms with van der Waals surface area (Å²) in [7, 11) is 3.98. The molecule has 1 N–H and O–H groups in total. The number of hydrogen-bond donors (Lipinski definition) is 1. The Morgan fingerprint density at radius 2 is 2.31 bits per heavy atom. The van der Waals surface area contributed by atoms with Gasteiger partial charge in [-0.1, -0.05) is 5.16 Å². The Bertz CT molecular complexity index is 424. The molecule has 0 spiro atoms. The zero-order chi connectivity index (χ0) is 11.4. The van der Waals surface area contributed by atoms with Crippen LogP contribution in [-0.2, 0) is 13.1 Å². The van der Waals surface area contributed by atoms with Crippen molar-refractivity contribution in [2.75, 3.05) is 19.0 Å². The van der Waals surface area contributed by atoms with Gasteiger partial charge in [0.1, 0.15) is 6.26 Å². The van der Waals surface area contributed by atoms with Crippen LogP contribution in [0.4, 0.5) is 5.13 Å². The molecule has 2 heterocycles. The molecule has 0 fully saturated rings. The third-order valence-electron chi connectivity index (χ3n) is 2.02. The van der Waals surface area contributed by atoms with E-state index in [1.165, 1.54) is 4.88 Å². The summed E-state index contributed by atoms with van der Waals surface area (Å²) in [5.74, 6) is 0. The Morgan fingerprint density at radius 1 is 1.44 bits per heavy atom. The quantitative estimate of drug-likeness (QED) is 0.855. The van der Waals surface area contributed by atoms with Gasteiger partial charge < -0.3 is 14.7 Å².